The molecule has 0 aliphatic carbocycles. The molecule has 2 aliphatic heterocycles. The molecule has 0 saturated heterocycles. The van der Waals surface area contributed by atoms with E-state index in [1.807, 2.05) is 29.1 Å². The number of hydrogen-bond acceptors (Lipinski definition) is 5. The molecule has 2 aliphatic rings. The number of ether oxygens (including phenoxy) is 2. The summed E-state index contributed by atoms with van der Waals surface area (Å²) in [6.45, 7) is 13.2. The van der Waals surface area contributed by atoms with Crippen LogP contribution in [-0.4, -0.2) is 51.8 Å². The van der Waals surface area contributed by atoms with E-state index in [1.54, 1.807) is 6.07 Å². The Hall–Kier alpha value is -3.20. The van der Waals surface area contributed by atoms with E-state index in [9.17, 15) is 18.3 Å². The van der Waals surface area contributed by atoms with Gasteiger partial charge in [-0.3, -0.25) is 4.68 Å². The van der Waals surface area contributed by atoms with Crippen LogP contribution in [0.15, 0.2) is 60.5 Å². The van der Waals surface area contributed by atoms with Crippen molar-refractivity contribution in [2.75, 3.05) is 19.8 Å². The third kappa shape index (κ3) is 4.57. The molecule has 0 bridgehead atoms. The van der Waals surface area contributed by atoms with Crippen molar-refractivity contribution in [3.05, 3.63) is 66.2 Å². The third-order valence-electron chi connectivity index (χ3n) is 5.92. The standard InChI is InChI=1S/C25H28F3N3O3/c1-15-11-19-23-17-7-6-8-20(34-10-9-33-14-25(26,27)28)22(17)29-31(23)13-21(24(3,4)5)30(19)12-18(15)16(2)32/h6-8,11-12,21,32H,1-2,9-10,13-14H2,3-5H3. The van der Waals surface area contributed by atoms with Gasteiger partial charge in [-0.25, -0.2) is 0 Å². The molecule has 0 spiro atoms. The van der Waals surface area contributed by atoms with Gasteiger partial charge in [-0.05, 0) is 23.1 Å². The maximum absolute atomic E-state index is 12.3. The minimum atomic E-state index is -4.37. The molecule has 34 heavy (non-hydrogen) atoms. The molecule has 3 heterocycles. The number of aliphatic hydroxyl groups is 1. The summed E-state index contributed by atoms with van der Waals surface area (Å²) < 4.78 is 49.1. The summed E-state index contributed by atoms with van der Waals surface area (Å²) in [5, 5.41) is 15.7. The Labute approximate surface area is 196 Å². The maximum Gasteiger partial charge on any atom is 0.411 e. The van der Waals surface area contributed by atoms with Gasteiger partial charge in [-0.15, -0.1) is 0 Å². The van der Waals surface area contributed by atoms with Crippen LogP contribution in [0.3, 0.4) is 0 Å². The van der Waals surface area contributed by atoms with Gasteiger partial charge in [-0.1, -0.05) is 46.1 Å². The molecule has 1 aromatic carbocycles. The average Bonchev–Trinajstić information content (AvgIpc) is 3.10. The smallest absolute Gasteiger partial charge is 0.411 e. The lowest BCUT2D eigenvalue weighted by atomic mass is 9.82. The fraction of sp³-hybridized carbons (Fsp3) is 0.400. The molecule has 4 rings (SSSR count). The number of alkyl halides is 3. The molecule has 1 N–H and O–H groups in total. The van der Waals surface area contributed by atoms with Crippen LogP contribution in [-0.2, 0) is 11.3 Å². The van der Waals surface area contributed by atoms with Crippen LogP contribution in [0.5, 0.6) is 5.75 Å². The van der Waals surface area contributed by atoms with Crippen LogP contribution < -0.4 is 4.74 Å². The minimum absolute atomic E-state index is 0.0294. The van der Waals surface area contributed by atoms with E-state index < -0.39 is 12.8 Å². The first-order valence-corrected chi connectivity index (χ1v) is 10.9. The van der Waals surface area contributed by atoms with Crippen LogP contribution in [0.4, 0.5) is 13.2 Å². The van der Waals surface area contributed by atoms with Gasteiger partial charge >= 0.3 is 6.18 Å². The molecular weight excluding hydrogens is 447 g/mol. The van der Waals surface area contributed by atoms with Gasteiger partial charge < -0.3 is 19.5 Å². The zero-order chi connectivity index (χ0) is 24.8. The molecule has 9 heteroatoms. The van der Waals surface area contributed by atoms with Crippen molar-refractivity contribution in [2.24, 2.45) is 5.41 Å². The van der Waals surface area contributed by atoms with E-state index in [4.69, 9.17) is 9.84 Å². The molecule has 0 fully saturated rings. The first kappa shape index (κ1) is 23.9. The second-order valence-electron chi connectivity index (χ2n) is 9.53. The van der Waals surface area contributed by atoms with E-state index in [-0.39, 0.29) is 30.4 Å². The number of nitrogens with zero attached hydrogens (tertiary/aromatic N) is 3. The summed E-state index contributed by atoms with van der Waals surface area (Å²) in [5.41, 5.74) is 3.50. The van der Waals surface area contributed by atoms with Gasteiger partial charge in [0.05, 0.1) is 30.6 Å². The first-order valence-electron chi connectivity index (χ1n) is 10.9. The normalized spacial score (nSPS) is 18.4. The summed E-state index contributed by atoms with van der Waals surface area (Å²) >= 11 is 0. The Bertz CT molecular complexity index is 1200. The van der Waals surface area contributed by atoms with Gasteiger partial charge in [0.2, 0.25) is 0 Å². The van der Waals surface area contributed by atoms with Crippen LogP contribution in [0.1, 0.15) is 26.5 Å². The SMILES string of the molecule is C=C(O)C1=CN2C(=CC1=C)c1c3cccc(OCCOCC(F)(F)F)c3nn1CC2C(C)(C)C. The molecule has 0 amide bonds. The van der Waals surface area contributed by atoms with Gasteiger partial charge in [0.15, 0.2) is 0 Å². The topological polar surface area (TPSA) is 59.8 Å². The lowest BCUT2D eigenvalue weighted by Gasteiger charge is -2.46. The van der Waals surface area contributed by atoms with Gasteiger partial charge in [0, 0.05) is 17.2 Å². The zero-order valence-corrected chi connectivity index (χ0v) is 19.4. The van der Waals surface area contributed by atoms with E-state index in [2.05, 4.69) is 43.6 Å². The number of aliphatic hydroxyl groups excluding tert-OH is 1. The highest BCUT2D eigenvalue weighted by Crippen LogP contribution is 2.44. The van der Waals surface area contributed by atoms with Crippen molar-refractivity contribution < 1.29 is 27.8 Å². The number of fused-ring (bicyclic) bond motifs is 5. The molecule has 1 unspecified atom stereocenters. The van der Waals surface area contributed by atoms with Crippen molar-refractivity contribution in [2.45, 2.75) is 39.5 Å². The van der Waals surface area contributed by atoms with Gasteiger partial charge in [0.25, 0.3) is 0 Å². The molecular formula is C25H28F3N3O3. The summed E-state index contributed by atoms with van der Waals surface area (Å²) in [6, 6.07) is 5.53. The predicted molar refractivity (Wildman–Crippen MR) is 124 cm³/mol. The number of aromatic nitrogens is 2. The fourth-order valence-electron chi connectivity index (χ4n) is 4.30. The highest BCUT2D eigenvalue weighted by Gasteiger charge is 2.40. The first-order chi connectivity index (χ1) is 15.9. The van der Waals surface area contributed by atoms with E-state index in [0.29, 0.717) is 29.0 Å². The van der Waals surface area contributed by atoms with Crippen LogP contribution in [0, 0.1) is 5.41 Å². The Morgan fingerprint density at radius 2 is 1.97 bits per heavy atom. The minimum Gasteiger partial charge on any atom is -0.508 e. The average molecular weight is 476 g/mol. The largest absolute Gasteiger partial charge is 0.508 e. The summed E-state index contributed by atoms with van der Waals surface area (Å²) in [5.74, 6) is 0.435. The Morgan fingerprint density at radius 1 is 1.24 bits per heavy atom. The number of halogens is 3. The lowest BCUT2D eigenvalue weighted by Crippen LogP contribution is -2.47. The van der Waals surface area contributed by atoms with Crippen LogP contribution in [0.25, 0.3) is 16.6 Å². The predicted octanol–water partition coefficient (Wildman–Crippen LogP) is 5.59. The zero-order valence-electron chi connectivity index (χ0n) is 19.4. The van der Waals surface area contributed by atoms with Crippen molar-refractivity contribution in [3.63, 3.8) is 0 Å². The van der Waals surface area contributed by atoms with Crippen molar-refractivity contribution in [3.8, 4) is 5.75 Å². The van der Waals surface area contributed by atoms with Gasteiger partial charge in [-0.2, -0.15) is 18.3 Å². The maximum atomic E-state index is 12.3. The summed E-state index contributed by atoms with van der Waals surface area (Å²) in [6.07, 6.45) is -0.566. The molecule has 182 valence electrons. The van der Waals surface area contributed by atoms with Crippen molar-refractivity contribution >= 4 is 16.6 Å². The van der Waals surface area contributed by atoms with Crippen LogP contribution in [0.2, 0.25) is 0 Å². The molecule has 0 saturated carbocycles. The fourth-order valence-corrected chi connectivity index (χ4v) is 4.30. The Morgan fingerprint density at radius 3 is 2.62 bits per heavy atom. The summed E-state index contributed by atoms with van der Waals surface area (Å²) in [7, 11) is 0. The molecule has 1 aromatic heterocycles. The van der Waals surface area contributed by atoms with E-state index >= 15 is 0 Å². The lowest BCUT2D eigenvalue weighted by molar-refractivity contribution is -0.175. The number of hydrogen-bond donors (Lipinski definition) is 1. The van der Waals surface area contributed by atoms with Crippen LogP contribution >= 0.6 is 0 Å². The number of allylic oxidation sites excluding steroid dienone is 2. The molecule has 6 nitrogen and oxygen atoms in total. The molecule has 1 atom stereocenters. The number of benzene rings is 1. The van der Waals surface area contributed by atoms with Crippen molar-refractivity contribution in [1.82, 2.24) is 14.7 Å². The Balaban J connectivity index is 1.70. The van der Waals surface area contributed by atoms with E-state index in [1.165, 1.54) is 0 Å². The quantitative estimate of drug-likeness (QED) is 0.436. The second kappa shape index (κ2) is 8.54. The Kier molecular flexibility index (Phi) is 6.01. The number of rotatable bonds is 6. The third-order valence-corrected chi connectivity index (χ3v) is 5.92. The molecule has 2 aromatic rings. The van der Waals surface area contributed by atoms with E-state index in [0.717, 1.165) is 16.8 Å². The second-order valence-corrected chi connectivity index (χ2v) is 9.53. The highest BCUT2D eigenvalue weighted by molar-refractivity contribution is 5.95. The summed E-state index contributed by atoms with van der Waals surface area (Å²) in [4.78, 5) is 2.14. The molecule has 0 radical (unpaired) electrons. The van der Waals surface area contributed by atoms with Crippen molar-refractivity contribution in [1.29, 1.82) is 0 Å². The monoisotopic (exact) mass is 475 g/mol. The highest BCUT2D eigenvalue weighted by atomic mass is 19.4. The van der Waals surface area contributed by atoms with Gasteiger partial charge in [0.1, 0.15) is 30.2 Å².